The highest BCUT2D eigenvalue weighted by atomic mass is 19.4. The van der Waals surface area contributed by atoms with Crippen LogP contribution in [0.4, 0.5) is 23.7 Å². The molecule has 0 aliphatic rings. The molecule has 19 heavy (non-hydrogen) atoms. The maximum Gasteiger partial charge on any atom is 0.422 e. The molecule has 0 fully saturated rings. The Morgan fingerprint density at radius 2 is 1.89 bits per heavy atom. The fraction of sp³-hybridized carbons (Fsp3) is 0.273. The van der Waals surface area contributed by atoms with Crippen LogP contribution >= 0.6 is 0 Å². The van der Waals surface area contributed by atoms with E-state index in [0.29, 0.717) is 4.90 Å². The number of anilines is 1. The molecular formula is C11H10F3NO4. The number of benzene rings is 1. The number of hydrogen-bond acceptors (Lipinski definition) is 3. The molecule has 1 aromatic rings. The van der Waals surface area contributed by atoms with Gasteiger partial charge in [-0.3, -0.25) is 4.90 Å². The molecule has 0 atom stereocenters. The van der Waals surface area contributed by atoms with Crippen LogP contribution < -0.4 is 4.90 Å². The van der Waals surface area contributed by atoms with Crippen LogP contribution in [0.3, 0.4) is 0 Å². The smallest absolute Gasteiger partial charge is 0.422 e. The van der Waals surface area contributed by atoms with E-state index in [1.54, 1.807) is 0 Å². The fourth-order valence-electron chi connectivity index (χ4n) is 1.29. The van der Waals surface area contributed by atoms with Gasteiger partial charge in [0.1, 0.15) is 0 Å². The van der Waals surface area contributed by atoms with Crippen molar-refractivity contribution in [3.8, 4) is 0 Å². The van der Waals surface area contributed by atoms with Gasteiger partial charge in [0.25, 0.3) is 0 Å². The quantitative estimate of drug-likeness (QED) is 0.921. The highest BCUT2D eigenvalue weighted by molar-refractivity contribution is 5.99. The second kappa shape index (κ2) is 5.59. The lowest BCUT2D eigenvalue weighted by Crippen LogP contribution is -2.31. The number of carboxylic acid groups (broad SMARTS) is 1. The van der Waals surface area contributed by atoms with Crippen molar-refractivity contribution in [3.05, 3.63) is 29.8 Å². The van der Waals surface area contributed by atoms with E-state index in [2.05, 4.69) is 4.74 Å². The van der Waals surface area contributed by atoms with E-state index in [0.717, 1.165) is 7.05 Å². The lowest BCUT2D eigenvalue weighted by molar-refractivity contribution is -0.159. The molecule has 5 nitrogen and oxygen atoms in total. The maximum absolute atomic E-state index is 11.9. The van der Waals surface area contributed by atoms with Crippen molar-refractivity contribution >= 4 is 17.7 Å². The summed E-state index contributed by atoms with van der Waals surface area (Å²) < 4.78 is 39.7. The molecule has 0 saturated carbocycles. The number of para-hydroxylation sites is 1. The first kappa shape index (κ1) is 14.8. The minimum Gasteiger partial charge on any atom is -0.478 e. The van der Waals surface area contributed by atoms with Crippen LogP contribution in [0.2, 0.25) is 0 Å². The Hall–Kier alpha value is -2.25. The third-order valence-electron chi connectivity index (χ3n) is 2.13. The van der Waals surface area contributed by atoms with Crippen molar-refractivity contribution in [1.82, 2.24) is 0 Å². The number of rotatable bonds is 3. The molecule has 0 unspecified atom stereocenters. The van der Waals surface area contributed by atoms with Gasteiger partial charge in [0.2, 0.25) is 0 Å². The van der Waals surface area contributed by atoms with E-state index >= 15 is 0 Å². The normalized spacial score (nSPS) is 10.9. The number of carbonyl (C=O) groups excluding carboxylic acids is 1. The number of amides is 1. The van der Waals surface area contributed by atoms with Crippen molar-refractivity contribution in [2.45, 2.75) is 6.18 Å². The van der Waals surface area contributed by atoms with Crippen molar-refractivity contribution in [1.29, 1.82) is 0 Å². The van der Waals surface area contributed by atoms with E-state index in [-0.39, 0.29) is 11.3 Å². The molecular weight excluding hydrogens is 267 g/mol. The van der Waals surface area contributed by atoms with Crippen molar-refractivity contribution in [2.75, 3.05) is 18.6 Å². The van der Waals surface area contributed by atoms with E-state index < -0.39 is 24.8 Å². The largest absolute Gasteiger partial charge is 0.478 e. The zero-order valence-corrected chi connectivity index (χ0v) is 9.77. The van der Waals surface area contributed by atoms with Crippen molar-refractivity contribution < 1.29 is 32.6 Å². The van der Waals surface area contributed by atoms with Gasteiger partial charge in [-0.15, -0.1) is 0 Å². The molecule has 0 aromatic heterocycles. The summed E-state index contributed by atoms with van der Waals surface area (Å²) in [5, 5.41) is 8.90. The standard InChI is InChI=1S/C11H10F3NO4/c1-15(10(18)19-6-11(12,13)14)8-5-3-2-4-7(8)9(16)17/h2-5H,6H2,1H3,(H,16,17). The Morgan fingerprint density at radius 1 is 1.32 bits per heavy atom. The predicted molar refractivity (Wildman–Crippen MR) is 59.2 cm³/mol. The lowest BCUT2D eigenvalue weighted by Gasteiger charge is -2.19. The molecule has 1 rings (SSSR count). The maximum atomic E-state index is 11.9. The number of ether oxygens (including phenoxy) is 1. The summed E-state index contributed by atoms with van der Waals surface area (Å²) in [6.45, 7) is -1.73. The summed E-state index contributed by atoms with van der Waals surface area (Å²) in [5.74, 6) is -1.30. The Balaban J connectivity index is 2.86. The number of nitrogens with zero attached hydrogens (tertiary/aromatic N) is 1. The second-order valence-corrected chi connectivity index (χ2v) is 3.55. The monoisotopic (exact) mass is 277 g/mol. The number of halogens is 3. The van der Waals surface area contributed by atoms with Crippen LogP contribution in [0, 0.1) is 0 Å². The Morgan fingerprint density at radius 3 is 2.42 bits per heavy atom. The van der Waals surface area contributed by atoms with Crippen molar-refractivity contribution in [2.24, 2.45) is 0 Å². The first-order chi connectivity index (χ1) is 8.72. The Kier molecular flexibility index (Phi) is 4.36. The van der Waals surface area contributed by atoms with Gasteiger partial charge >= 0.3 is 18.2 Å². The zero-order valence-electron chi connectivity index (χ0n) is 9.77. The first-order valence-electron chi connectivity index (χ1n) is 5.02. The Bertz CT molecular complexity index is 487. The van der Waals surface area contributed by atoms with Crippen LogP contribution in [-0.4, -0.2) is 37.0 Å². The number of alkyl halides is 3. The molecule has 8 heteroatoms. The summed E-state index contributed by atoms with van der Waals surface area (Å²) in [7, 11) is 1.13. The van der Waals surface area contributed by atoms with Crippen LogP contribution in [-0.2, 0) is 4.74 Å². The van der Waals surface area contributed by atoms with Gasteiger partial charge < -0.3 is 9.84 Å². The molecule has 0 radical (unpaired) electrons. The average Bonchev–Trinajstić information content (AvgIpc) is 2.34. The lowest BCUT2D eigenvalue weighted by atomic mass is 10.1. The van der Waals surface area contributed by atoms with Crippen LogP contribution in [0.5, 0.6) is 0 Å². The summed E-state index contributed by atoms with van der Waals surface area (Å²) >= 11 is 0. The second-order valence-electron chi connectivity index (χ2n) is 3.55. The van der Waals surface area contributed by atoms with Gasteiger partial charge in [-0.25, -0.2) is 9.59 Å². The molecule has 0 aliphatic heterocycles. The molecule has 0 saturated heterocycles. The predicted octanol–water partition coefficient (Wildman–Crippen LogP) is 2.52. The van der Waals surface area contributed by atoms with Crippen LogP contribution in [0.15, 0.2) is 24.3 Å². The van der Waals surface area contributed by atoms with Gasteiger partial charge in [-0.05, 0) is 12.1 Å². The minimum absolute atomic E-state index is 0.0535. The highest BCUT2D eigenvalue weighted by Gasteiger charge is 2.31. The van der Waals surface area contributed by atoms with Gasteiger partial charge in [0.15, 0.2) is 6.61 Å². The Labute approximate surface area is 106 Å². The third kappa shape index (κ3) is 4.16. The molecule has 0 spiro atoms. The zero-order chi connectivity index (χ0) is 14.6. The summed E-state index contributed by atoms with van der Waals surface area (Å²) in [6, 6.07) is 5.40. The molecule has 1 amide bonds. The van der Waals surface area contributed by atoms with Gasteiger partial charge in [0.05, 0.1) is 11.3 Å². The summed E-state index contributed by atoms with van der Waals surface area (Å²) in [5.41, 5.74) is -0.267. The SMILES string of the molecule is CN(C(=O)OCC(F)(F)F)c1ccccc1C(=O)O. The topological polar surface area (TPSA) is 66.8 Å². The summed E-state index contributed by atoms with van der Waals surface area (Å²) in [6.07, 6.45) is -5.92. The number of aromatic carboxylic acids is 1. The summed E-state index contributed by atoms with van der Waals surface area (Å²) in [4.78, 5) is 23.0. The van der Waals surface area contributed by atoms with Crippen LogP contribution in [0.1, 0.15) is 10.4 Å². The first-order valence-corrected chi connectivity index (χ1v) is 5.02. The fourth-order valence-corrected chi connectivity index (χ4v) is 1.29. The van der Waals surface area contributed by atoms with E-state index in [1.165, 1.54) is 24.3 Å². The molecule has 0 aliphatic carbocycles. The number of carboxylic acids is 1. The number of hydrogen-bond donors (Lipinski definition) is 1. The van der Waals surface area contributed by atoms with Gasteiger partial charge in [-0.1, -0.05) is 12.1 Å². The minimum atomic E-state index is -4.64. The van der Waals surface area contributed by atoms with E-state index in [9.17, 15) is 22.8 Å². The van der Waals surface area contributed by atoms with E-state index in [4.69, 9.17) is 5.11 Å². The third-order valence-corrected chi connectivity index (χ3v) is 2.13. The van der Waals surface area contributed by atoms with E-state index in [1.807, 2.05) is 0 Å². The molecule has 0 bridgehead atoms. The molecule has 104 valence electrons. The molecule has 0 heterocycles. The van der Waals surface area contributed by atoms with Gasteiger partial charge in [-0.2, -0.15) is 13.2 Å². The molecule has 1 aromatic carbocycles. The van der Waals surface area contributed by atoms with Crippen molar-refractivity contribution in [3.63, 3.8) is 0 Å². The van der Waals surface area contributed by atoms with Crippen LogP contribution in [0.25, 0.3) is 0 Å². The number of carbonyl (C=O) groups is 2. The molecule has 1 N–H and O–H groups in total. The highest BCUT2D eigenvalue weighted by Crippen LogP contribution is 2.21. The van der Waals surface area contributed by atoms with Gasteiger partial charge in [0, 0.05) is 7.05 Å². The average molecular weight is 277 g/mol.